The largest absolute Gasteiger partial charge is 0.0619 e. The molecule has 0 bridgehead atoms. The fraction of sp³-hybridized carbons (Fsp3) is 0.0612. The normalized spacial score (nSPS) is 13.3. The first-order valence-electron chi connectivity index (χ1n) is 17.3. The van der Waals surface area contributed by atoms with Crippen LogP contribution in [-0.2, 0) is 5.41 Å². The Morgan fingerprint density at radius 3 is 1.47 bits per heavy atom. The second-order valence-corrected chi connectivity index (χ2v) is 14.0. The van der Waals surface area contributed by atoms with Crippen LogP contribution in [0.3, 0.4) is 0 Å². The Hall–Kier alpha value is -5.98. The Morgan fingerprint density at radius 2 is 0.796 bits per heavy atom. The summed E-state index contributed by atoms with van der Waals surface area (Å²) in [6, 6.07) is 63.1. The van der Waals surface area contributed by atoms with Crippen molar-refractivity contribution in [2.75, 3.05) is 0 Å². The summed E-state index contributed by atoms with van der Waals surface area (Å²) in [6.45, 7) is 4.78. The van der Waals surface area contributed by atoms with Crippen LogP contribution >= 0.6 is 0 Å². The lowest BCUT2D eigenvalue weighted by atomic mass is 9.77. The number of hydrogen-bond acceptors (Lipinski definition) is 0. The molecule has 0 saturated carbocycles. The van der Waals surface area contributed by atoms with Crippen LogP contribution in [0, 0.1) is 0 Å². The van der Waals surface area contributed by atoms with Gasteiger partial charge in [0.05, 0.1) is 0 Å². The fourth-order valence-corrected chi connectivity index (χ4v) is 8.88. The van der Waals surface area contributed by atoms with Gasteiger partial charge in [-0.15, -0.1) is 0 Å². The summed E-state index contributed by atoms with van der Waals surface area (Å²) in [4.78, 5) is 0. The summed E-state index contributed by atoms with van der Waals surface area (Å²) in [5.74, 6) is 0. The van der Waals surface area contributed by atoms with Gasteiger partial charge in [-0.2, -0.15) is 0 Å². The molecular formula is C49H34. The molecule has 0 aromatic heterocycles. The second kappa shape index (κ2) is 10.5. The molecule has 0 N–H and O–H groups in total. The van der Waals surface area contributed by atoms with Crippen LogP contribution in [0.25, 0.3) is 87.6 Å². The Morgan fingerprint density at radius 1 is 0.327 bits per heavy atom. The Labute approximate surface area is 286 Å². The first-order valence-corrected chi connectivity index (χ1v) is 17.3. The molecule has 0 radical (unpaired) electrons. The molecule has 0 nitrogen and oxygen atoms in total. The van der Waals surface area contributed by atoms with Crippen molar-refractivity contribution < 1.29 is 0 Å². The van der Waals surface area contributed by atoms with Gasteiger partial charge in [-0.05, 0) is 105 Å². The van der Waals surface area contributed by atoms with Crippen LogP contribution in [0.4, 0.5) is 0 Å². The minimum Gasteiger partial charge on any atom is -0.0619 e. The molecule has 0 fully saturated rings. The zero-order valence-electron chi connectivity index (χ0n) is 27.7. The average Bonchev–Trinajstić information content (AvgIpc) is 3.38. The van der Waals surface area contributed by atoms with Crippen molar-refractivity contribution in [2.24, 2.45) is 0 Å². The predicted molar refractivity (Wildman–Crippen MR) is 210 cm³/mol. The van der Waals surface area contributed by atoms with E-state index in [1.54, 1.807) is 0 Å². The van der Waals surface area contributed by atoms with Gasteiger partial charge in [0.1, 0.15) is 0 Å². The summed E-state index contributed by atoms with van der Waals surface area (Å²) in [6.07, 6.45) is 0. The van der Waals surface area contributed by atoms with Gasteiger partial charge in [0, 0.05) is 5.41 Å². The van der Waals surface area contributed by atoms with Gasteiger partial charge in [0.2, 0.25) is 0 Å². The van der Waals surface area contributed by atoms with Crippen LogP contribution in [0.1, 0.15) is 25.0 Å². The predicted octanol–water partition coefficient (Wildman–Crippen LogP) is 13.6. The lowest BCUT2D eigenvalue weighted by Crippen LogP contribution is -2.16. The van der Waals surface area contributed by atoms with Gasteiger partial charge in [-0.3, -0.25) is 0 Å². The molecule has 0 amide bonds. The fourth-order valence-electron chi connectivity index (χ4n) is 8.88. The highest BCUT2D eigenvalue weighted by Crippen LogP contribution is 2.54. The highest BCUT2D eigenvalue weighted by atomic mass is 14.4. The molecule has 0 heteroatoms. The summed E-state index contributed by atoms with van der Waals surface area (Å²) in [7, 11) is 0. The molecule has 1 aliphatic rings. The van der Waals surface area contributed by atoms with Crippen molar-refractivity contribution in [1.82, 2.24) is 0 Å². The molecule has 230 valence electrons. The van der Waals surface area contributed by atoms with Crippen molar-refractivity contribution in [3.05, 3.63) is 181 Å². The number of hydrogen-bond donors (Lipinski definition) is 0. The molecule has 0 atom stereocenters. The Bertz CT molecular complexity index is 2720. The molecular weight excluding hydrogens is 589 g/mol. The molecule has 0 aliphatic heterocycles. The third kappa shape index (κ3) is 4.04. The lowest BCUT2D eigenvalue weighted by molar-refractivity contribution is 0.663. The topological polar surface area (TPSA) is 0 Å². The highest BCUT2D eigenvalue weighted by Gasteiger charge is 2.38. The van der Waals surface area contributed by atoms with E-state index in [-0.39, 0.29) is 5.41 Å². The van der Waals surface area contributed by atoms with Crippen LogP contribution < -0.4 is 0 Å². The molecule has 10 rings (SSSR count). The van der Waals surface area contributed by atoms with Crippen LogP contribution in [-0.4, -0.2) is 0 Å². The van der Waals surface area contributed by atoms with E-state index < -0.39 is 0 Å². The van der Waals surface area contributed by atoms with E-state index in [4.69, 9.17) is 0 Å². The SMILES string of the molecule is CC1(C)c2ccccc2-c2cc3ccccc3c(-c3ccc(-c4c5ccccc5c(-c5cccc6ccccc56)c5ccccc45)cc3)c21. The molecule has 49 heavy (non-hydrogen) atoms. The Kier molecular flexibility index (Phi) is 6.02. The number of fused-ring (bicyclic) bond motifs is 7. The zero-order chi connectivity index (χ0) is 32.7. The van der Waals surface area contributed by atoms with Crippen molar-refractivity contribution in [3.8, 4) is 44.5 Å². The molecule has 9 aromatic rings. The van der Waals surface area contributed by atoms with E-state index in [1.165, 1.54) is 98.7 Å². The maximum absolute atomic E-state index is 2.41. The lowest BCUT2D eigenvalue weighted by Gasteiger charge is -2.26. The highest BCUT2D eigenvalue weighted by molar-refractivity contribution is 6.23. The molecule has 9 aromatic carbocycles. The monoisotopic (exact) mass is 622 g/mol. The summed E-state index contributed by atoms with van der Waals surface area (Å²) >= 11 is 0. The van der Waals surface area contributed by atoms with E-state index in [1.807, 2.05) is 0 Å². The standard InChI is InChI=1S/C49H34/c1-49(2)44-25-12-11-19-37(44)43-30-34-15-4-6-18-36(34)46(48(43)49)33-28-26-32(27-29-33)45-39-20-7-9-22-41(39)47(42-23-10-8-21-40(42)45)38-24-13-16-31-14-3-5-17-35(31)38/h3-30H,1-2H3. The van der Waals surface area contributed by atoms with E-state index in [0.717, 1.165) is 0 Å². The minimum absolute atomic E-state index is 0.103. The van der Waals surface area contributed by atoms with Crippen molar-refractivity contribution in [1.29, 1.82) is 0 Å². The smallest absolute Gasteiger partial charge is 0.0165 e. The van der Waals surface area contributed by atoms with E-state index in [2.05, 4.69) is 184 Å². The zero-order valence-corrected chi connectivity index (χ0v) is 27.7. The maximum atomic E-state index is 2.41. The quantitative estimate of drug-likeness (QED) is 0.172. The Balaban J connectivity index is 1.22. The van der Waals surface area contributed by atoms with E-state index >= 15 is 0 Å². The van der Waals surface area contributed by atoms with Crippen molar-refractivity contribution in [2.45, 2.75) is 19.3 Å². The molecule has 0 spiro atoms. The number of benzene rings is 9. The third-order valence-corrected chi connectivity index (χ3v) is 11.0. The summed E-state index contributed by atoms with van der Waals surface area (Å²) in [5.41, 5.74) is 13.2. The molecule has 1 aliphatic carbocycles. The van der Waals surface area contributed by atoms with Crippen LogP contribution in [0.2, 0.25) is 0 Å². The van der Waals surface area contributed by atoms with Gasteiger partial charge in [0.25, 0.3) is 0 Å². The maximum Gasteiger partial charge on any atom is 0.0165 e. The van der Waals surface area contributed by atoms with Gasteiger partial charge in [0.15, 0.2) is 0 Å². The average molecular weight is 623 g/mol. The van der Waals surface area contributed by atoms with Gasteiger partial charge in [-0.1, -0.05) is 178 Å². The van der Waals surface area contributed by atoms with Gasteiger partial charge in [-0.25, -0.2) is 0 Å². The first kappa shape index (κ1) is 28.1. The van der Waals surface area contributed by atoms with Crippen molar-refractivity contribution >= 4 is 43.1 Å². The van der Waals surface area contributed by atoms with Gasteiger partial charge < -0.3 is 0 Å². The van der Waals surface area contributed by atoms with Gasteiger partial charge >= 0.3 is 0 Å². The first-order chi connectivity index (χ1) is 24.1. The second-order valence-electron chi connectivity index (χ2n) is 14.0. The van der Waals surface area contributed by atoms with Crippen LogP contribution in [0.5, 0.6) is 0 Å². The van der Waals surface area contributed by atoms with Crippen LogP contribution in [0.15, 0.2) is 170 Å². The molecule has 0 unspecified atom stereocenters. The molecule has 0 heterocycles. The van der Waals surface area contributed by atoms with Crippen molar-refractivity contribution in [3.63, 3.8) is 0 Å². The summed E-state index contributed by atoms with van der Waals surface area (Å²) in [5, 5.41) is 10.3. The molecule has 0 saturated heterocycles. The summed E-state index contributed by atoms with van der Waals surface area (Å²) < 4.78 is 0. The number of rotatable bonds is 3. The third-order valence-electron chi connectivity index (χ3n) is 11.0. The minimum atomic E-state index is -0.103. The van der Waals surface area contributed by atoms with E-state index in [9.17, 15) is 0 Å². The van der Waals surface area contributed by atoms with E-state index in [0.29, 0.717) is 0 Å².